The van der Waals surface area contributed by atoms with Gasteiger partial charge < -0.3 is 10.2 Å². The highest BCUT2D eigenvalue weighted by molar-refractivity contribution is 8.22. The molecule has 1 aromatic heterocycles. The van der Waals surface area contributed by atoms with Gasteiger partial charge in [-0.3, -0.25) is 0 Å². The van der Waals surface area contributed by atoms with Gasteiger partial charge in [0.25, 0.3) is 0 Å². The predicted octanol–water partition coefficient (Wildman–Crippen LogP) is 0.436. The standard InChI is InChI=1S/C10H13NO3S2/c11-7-9(8-3-1-5-14-8)16(12,13)10-4-2-6-15-10/h1,3,5-6,9H,2,4,7,11H2/p+1/t9-/m0/s1. The molecule has 0 aliphatic carbocycles. The Kier molecular flexibility index (Phi) is 3.32. The highest BCUT2D eigenvalue weighted by Gasteiger charge is 2.34. The zero-order valence-corrected chi connectivity index (χ0v) is 10.4. The first kappa shape index (κ1) is 11.6. The van der Waals surface area contributed by atoms with Crippen molar-refractivity contribution in [3.63, 3.8) is 0 Å². The Morgan fingerprint density at radius 1 is 1.56 bits per heavy atom. The molecule has 1 aliphatic heterocycles. The average molecular weight is 260 g/mol. The van der Waals surface area contributed by atoms with E-state index >= 15 is 0 Å². The van der Waals surface area contributed by atoms with Crippen LogP contribution in [0.25, 0.3) is 0 Å². The van der Waals surface area contributed by atoms with Crippen molar-refractivity contribution < 1.29 is 18.6 Å². The minimum absolute atomic E-state index is 0.292. The van der Waals surface area contributed by atoms with Crippen LogP contribution < -0.4 is 5.73 Å². The molecule has 16 heavy (non-hydrogen) atoms. The number of hydrogen-bond acceptors (Lipinski definition) is 3. The van der Waals surface area contributed by atoms with Gasteiger partial charge >= 0.3 is 0 Å². The molecule has 0 amide bonds. The Morgan fingerprint density at radius 2 is 2.38 bits per heavy atom. The Bertz CT molecular complexity index is 524. The van der Waals surface area contributed by atoms with E-state index in [0.29, 0.717) is 22.9 Å². The molecule has 0 aromatic carbocycles. The largest absolute Gasteiger partial charge is 0.468 e. The van der Waals surface area contributed by atoms with Crippen LogP contribution >= 0.6 is 10.9 Å². The van der Waals surface area contributed by atoms with Gasteiger partial charge in [0, 0.05) is 0 Å². The lowest BCUT2D eigenvalue weighted by molar-refractivity contribution is -0.368. The Labute approximate surface area is 97.9 Å². The molecule has 0 radical (unpaired) electrons. The molecule has 1 aromatic rings. The van der Waals surface area contributed by atoms with Crippen molar-refractivity contribution in [2.24, 2.45) is 0 Å². The predicted molar refractivity (Wildman–Crippen MR) is 66.0 cm³/mol. The fraction of sp³-hybridized carbons (Fsp3) is 0.400. The second-order valence-corrected chi connectivity index (χ2v) is 7.01. The van der Waals surface area contributed by atoms with Gasteiger partial charge in [0.2, 0.25) is 0 Å². The number of sulfone groups is 1. The summed E-state index contributed by atoms with van der Waals surface area (Å²) in [4.78, 5) is 0. The van der Waals surface area contributed by atoms with Gasteiger partial charge in [-0.25, -0.2) is 8.42 Å². The average Bonchev–Trinajstić information content (AvgIpc) is 2.91. The van der Waals surface area contributed by atoms with E-state index in [4.69, 9.17) is 4.42 Å². The van der Waals surface area contributed by atoms with Crippen molar-refractivity contribution >= 4 is 30.3 Å². The van der Waals surface area contributed by atoms with Crippen molar-refractivity contribution in [2.45, 2.75) is 18.1 Å². The molecule has 3 N–H and O–H groups in total. The van der Waals surface area contributed by atoms with Crippen LogP contribution in [0, 0.1) is 0 Å². The first-order valence-corrected chi connectivity index (χ1v) is 7.49. The summed E-state index contributed by atoms with van der Waals surface area (Å²) in [5, 5.41) is 1.28. The molecule has 0 bridgehead atoms. The molecule has 0 fully saturated rings. The minimum atomic E-state index is -3.28. The van der Waals surface area contributed by atoms with Gasteiger partial charge in [-0.2, -0.15) is 0 Å². The molecule has 0 spiro atoms. The van der Waals surface area contributed by atoms with Crippen LogP contribution in [0.3, 0.4) is 0 Å². The van der Waals surface area contributed by atoms with E-state index in [-0.39, 0.29) is 0 Å². The van der Waals surface area contributed by atoms with Gasteiger partial charge in [0.1, 0.15) is 5.76 Å². The molecule has 1 atom stereocenters. The minimum Gasteiger partial charge on any atom is -0.468 e. The van der Waals surface area contributed by atoms with E-state index in [1.807, 2.05) is 5.37 Å². The van der Waals surface area contributed by atoms with E-state index in [1.165, 1.54) is 17.2 Å². The van der Waals surface area contributed by atoms with Gasteiger partial charge in [-0.05, 0) is 30.3 Å². The second-order valence-electron chi connectivity index (χ2n) is 3.53. The first-order chi connectivity index (χ1) is 7.66. The topological polar surface area (TPSA) is 74.9 Å². The third-order valence-corrected chi connectivity index (χ3v) is 6.41. The lowest BCUT2D eigenvalue weighted by Crippen LogP contribution is -2.54. The number of hydrogen-bond donors (Lipinski definition) is 1. The molecular formula is C10H14NO3S2+. The van der Waals surface area contributed by atoms with E-state index in [1.54, 1.807) is 12.1 Å². The quantitative estimate of drug-likeness (QED) is 0.801. The molecule has 88 valence electrons. The monoisotopic (exact) mass is 260 g/mol. The van der Waals surface area contributed by atoms with E-state index < -0.39 is 15.1 Å². The normalized spacial score (nSPS) is 17.9. The van der Waals surface area contributed by atoms with Crippen molar-refractivity contribution in [3.05, 3.63) is 24.2 Å². The Morgan fingerprint density at radius 3 is 2.88 bits per heavy atom. The SMILES string of the molecule is [NH3+]C[C@@H](c1ccco1)S(=O)(=O)C1=S=CCC1. The maximum Gasteiger partial charge on any atom is 0.199 e. The third-order valence-electron chi connectivity index (χ3n) is 2.50. The summed E-state index contributed by atoms with van der Waals surface area (Å²) in [6.07, 6.45) is 2.93. The first-order valence-electron chi connectivity index (χ1n) is 5.07. The van der Waals surface area contributed by atoms with Crippen molar-refractivity contribution in [3.8, 4) is 0 Å². The number of rotatable bonds is 3. The van der Waals surface area contributed by atoms with Crippen LogP contribution in [0.4, 0.5) is 0 Å². The van der Waals surface area contributed by atoms with Crippen LogP contribution in [0.5, 0.6) is 0 Å². The lowest BCUT2D eigenvalue weighted by Gasteiger charge is -2.11. The molecule has 1 aliphatic rings. The summed E-state index contributed by atoms with van der Waals surface area (Å²) in [5.41, 5.74) is 3.71. The highest BCUT2D eigenvalue weighted by atomic mass is 32.2. The fourth-order valence-corrected chi connectivity index (χ4v) is 4.90. The molecule has 0 unspecified atom stereocenters. The van der Waals surface area contributed by atoms with Gasteiger partial charge in [-0.1, -0.05) is 0 Å². The molecule has 4 nitrogen and oxygen atoms in total. The van der Waals surface area contributed by atoms with Gasteiger partial charge in [0.15, 0.2) is 15.1 Å². The summed E-state index contributed by atoms with van der Waals surface area (Å²) in [7, 11) is -1.96. The smallest absolute Gasteiger partial charge is 0.199 e. The summed E-state index contributed by atoms with van der Waals surface area (Å²) in [6, 6.07) is 3.39. The van der Waals surface area contributed by atoms with Crippen molar-refractivity contribution in [1.82, 2.24) is 0 Å². The van der Waals surface area contributed by atoms with E-state index in [2.05, 4.69) is 5.73 Å². The molecule has 6 heteroatoms. The van der Waals surface area contributed by atoms with Gasteiger partial charge in [-0.15, -0.1) is 10.9 Å². The lowest BCUT2D eigenvalue weighted by atomic mass is 10.3. The summed E-state index contributed by atoms with van der Waals surface area (Å²) < 4.78 is 30.3. The number of quaternary nitrogens is 1. The third kappa shape index (κ3) is 2.00. The zero-order valence-electron chi connectivity index (χ0n) is 8.76. The molecule has 2 rings (SSSR count). The van der Waals surface area contributed by atoms with Crippen LogP contribution in [-0.4, -0.2) is 24.5 Å². The summed E-state index contributed by atoms with van der Waals surface area (Å²) in [6.45, 7) is 0.292. The van der Waals surface area contributed by atoms with E-state index in [9.17, 15) is 8.42 Å². The van der Waals surface area contributed by atoms with Crippen LogP contribution in [0.2, 0.25) is 0 Å². The zero-order chi connectivity index (χ0) is 11.6. The maximum absolute atomic E-state index is 12.3. The van der Waals surface area contributed by atoms with Crippen molar-refractivity contribution in [1.29, 1.82) is 0 Å². The highest BCUT2D eigenvalue weighted by Crippen LogP contribution is 2.26. The summed E-state index contributed by atoms with van der Waals surface area (Å²) in [5.74, 6) is 0.481. The van der Waals surface area contributed by atoms with Crippen LogP contribution in [0.15, 0.2) is 22.8 Å². The van der Waals surface area contributed by atoms with Gasteiger partial charge in [0.05, 0.1) is 17.0 Å². The summed E-state index contributed by atoms with van der Waals surface area (Å²) >= 11 is 0. The molecular weight excluding hydrogens is 246 g/mol. The second kappa shape index (κ2) is 4.57. The van der Waals surface area contributed by atoms with E-state index in [0.717, 1.165) is 6.42 Å². The molecule has 2 heterocycles. The maximum atomic E-state index is 12.3. The number of furan rings is 1. The molecule has 0 saturated carbocycles. The van der Waals surface area contributed by atoms with Crippen LogP contribution in [-0.2, 0) is 9.84 Å². The Balaban J connectivity index is 2.39. The van der Waals surface area contributed by atoms with Crippen molar-refractivity contribution in [2.75, 3.05) is 6.54 Å². The van der Waals surface area contributed by atoms with Crippen LogP contribution in [0.1, 0.15) is 23.9 Å². The fourth-order valence-electron chi connectivity index (χ4n) is 1.68. The molecule has 0 saturated heterocycles. The Hall–Kier alpha value is -0.850.